The lowest BCUT2D eigenvalue weighted by atomic mass is 10.1. The maximum atomic E-state index is 11.3. The van der Waals surface area contributed by atoms with E-state index in [0.717, 1.165) is 22.2 Å². The van der Waals surface area contributed by atoms with Gasteiger partial charge in [0.25, 0.3) is 0 Å². The number of hydrogen-bond donors (Lipinski definition) is 3. The molecule has 0 amide bonds. The fourth-order valence-corrected chi connectivity index (χ4v) is 2.49. The highest BCUT2D eigenvalue weighted by Crippen LogP contribution is 2.23. The van der Waals surface area contributed by atoms with Crippen molar-refractivity contribution < 1.29 is 4.42 Å². The summed E-state index contributed by atoms with van der Waals surface area (Å²) in [6.45, 7) is 0.616. The lowest BCUT2D eigenvalue weighted by Gasteiger charge is -2.07. The van der Waals surface area contributed by atoms with Crippen molar-refractivity contribution in [2.75, 3.05) is 5.32 Å². The van der Waals surface area contributed by atoms with E-state index in [9.17, 15) is 4.79 Å². The number of anilines is 1. The van der Waals surface area contributed by atoms with Crippen molar-refractivity contribution in [3.63, 3.8) is 0 Å². The molecular formula is C15H12N4O2. The highest BCUT2D eigenvalue weighted by atomic mass is 16.4. The maximum Gasteiger partial charge on any atom is 0.417 e. The smallest absolute Gasteiger partial charge is 0.406 e. The first-order chi connectivity index (χ1) is 10.3. The van der Waals surface area contributed by atoms with Gasteiger partial charge in [0.15, 0.2) is 5.58 Å². The average Bonchev–Trinajstić information content (AvgIpc) is 3.10. The van der Waals surface area contributed by atoms with E-state index in [1.165, 1.54) is 0 Å². The molecule has 0 bridgehead atoms. The number of aromatic nitrogens is 3. The number of fused-ring (bicyclic) bond motifs is 2. The first kappa shape index (κ1) is 11.8. The van der Waals surface area contributed by atoms with Crippen LogP contribution in [-0.4, -0.2) is 15.2 Å². The van der Waals surface area contributed by atoms with Crippen molar-refractivity contribution in [3.8, 4) is 0 Å². The van der Waals surface area contributed by atoms with Crippen LogP contribution in [-0.2, 0) is 6.54 Å². The van der Waals surface area contributed by atoms with Crippen LogP contribution in [0.3, 0.4) is 0 Å². The van der Waals surface area contributed by atoms with Gasteiger partial charge in [0.05, 0.1) is 22.9 Å². The number of aromatic amines is 2. The Hall–Kier alpha value is -3.02. The van der Waals surface area contributed by atoms with Gasteiger partial charge in [-0.1, -0.05) is 18.2 Å². The first-order valence-electron chi connectivity index (χ1n) is 6.58. The zero-order valence-electron chi connectivity index (χ0n) is 11.0. The molecule has 6 heteroatoms. The molecule has 0 aliphatic carbocycles. The normalized spacial score (nSPS) is 11.2. The fraction of sp³-hybridized carbons (Fsp3) is 0.0667. The Morgan fingerprint density at radius 3 is 2.95 bits per heavy atom. The molecule has 0 unspecified atom stereocenters. The van der Waals surface area contributed by atoms with Gasteiger partial charge in [0, 0.05) is 11.9 Å². The third-order valence-electron chi connectivity index (χ3n) is 3.49. The molecule has 0 fully saturated rings. The minimum Gasteiger partial charge on any atom is -0.406 e. The van der Waals surface area contributed by atoms with Crippen LogP contribution in [0.5, 0.6) is 0 Å². The molecule has 3 N–H and O–H groups in total. The molecule has 2 aromatic heterocycles. The molecule has 0 aliphatic rings. The summed E-state index contributed by atoms with van der Waals surface area (Å²) in [6.07, 6.45) is 1.81. The van der Waals surface area contributed by atoms with Gasteiger partial charge < -0.3 is 9.73 Å². The molecule has 0 aliphatic heterocycles. The monoisotopic (exact) mass is 280 g/mol. The van der Waals surface area contributed by atoms with Crippen LogP contribution >= 0.6 is 0 Å². The van der Waals surface area contributed by atoms with Crippen molar-refractivity contribution in [2.45, 2.75) is 6.54 Å². The molecule has 104 valence electrons. The molecule has 21 heavy (non-hydrogen) atoms. The van der Waals surface area contributed by atoms with Crippen molar-refractivity contribution in [1.82, 2.24) is 15.2 Å². The Morgan fingerprint density at radius 2 is 2.00 bits per heavy atom. The predicted octanol–water partition coefficient (Wildman–Crippen LogP) is 2.61. The van der Waals surface area contributed by atoms with Crippen molar-refractivity contribution in [3.05, 3.63) is 58.7 Å². The maximum absolute atomic E-state index is 11.3. The Labute approximate surface area is 118 Å². The van der Waals surface area contributed by atoms with Crippen LogP contribution in [0.4, 0.5) is 5.69 Å². The summed E-state index contributed by atoms with van der Waals surface area (Å²) in [7, 11) is 0. The van der Waals surface area contributed by atoms with E-state index in [1.54, 1.807) is 0 Å². The van der Waals surface area contributed by atoms with Gasteiger partial charge in [0.1, 0.15) is 0 Å². The minimum atomic E-state index is -0.448. The summed E-state index contributed by atoms with van der Waals surface area (Å²) in [4.78, 5) is 13.9. The van der Waals surface area contributed by atoms with Crippen molar-refractivity contribution in [2.24, 2.45) is 0 Å². The second kappa shape index (κ2) is 4.52. The SMILES string of the molecule is O=c1[nH]c2cccc(NCc3cccc4[nH]ncc34)c2o1. The van der Waals surface area contributed by atoms with Gasteiger partial charge in [-0.15, -0.1) is 0 Å². The van der Waals surface area contributed by atoms with E-state index in [4.69, 9.17) is 4.42 Å². The van der Waals surface area contributed by atoms with Gasteiger partial charge in [-0.2, -0.15) is 5.10 Å². The third-order valence-corrected chi connectivity index (χ3v) is 3.49. The van der Waals surface area contributed by atoms with Gasteiger partial charge in [-0.3, -0.25) is 10.1 Å². The standard InChI is InChI=1S/C15H12N4O2/c20-15-18-13-6-2-5-12(14(13)21-15)16-7-9-3-1-4-11-10(9)8-17-19-11/h1-6,8,16H,7H2,(H,17,19)(H,18,20). The van der Waals surface area contributed by atoms with Crippen molar-refractivity contribution >= 4 is 27.7 Å². The molecule has 0 saturated carbocycles. The minimum absolute atomic E-state index is 0.448. The largest absolute Gasteiger partial charge is 0.417 e. The zero-order chi connectivity index (χ0) is 14.2. The van der Waals surface area contributed by atoms with Crippen molar-refractivity contribution in [1.29, 1.82) is 0 Å². The number of para-hydroxylation sites is 1. The Kier molecular flexibility index (Phi) is 2.53. The molecule has 0 atom stereocenters. The molecule has 2 heterocycles. The quantitative estimate of drug-likeness (QED) is 0.538. The summed E-state index contributed by atoms with van der Waals surface area (Å²) >= 11 is 0. The predicted molar refractivity (Wildman–Crippen MR) is 80.3 cm³/mol. The summed E-state index contributed by atoms with van der Waals surface area (Å²) in [6, 6.07) is 11.6. The van der Waals surface area contributed by atoms with Crippen LogP contribution < -0.4 is 11.1 Å². The second-order valence-electron chi connectivity index (χ2n) is 4.80. The summed E-state index contributed by atoms with van der Waals surface area (Å²) in [5.41, 5.74) is 4.14. The molecule has 4 aromatic rings. The van der Waals surface area contributed by atoms with Gasteiger partial charge in [-0.25, -0.2) is 4.79 Å². The number of oxazole rings is 1. The highest BCUT2D eigenvalue weighted by molar-refractivity contribution is 5.86. The Balaban J connectivity index is 1.69. The second-order valence-corrected chi connectivity index (χ2v) is 4.80. The molecule has 0 radical (unpaired) electrons. The van der Waals surface area contributed by atoms with E-state index in [2.05, 4.69) is 20.5 Å². The topological polar surface area (TPSA) is 86.7 Å². The number of hydrogen-bond acceptors (Lipinski definition) is 4. The fourth-order valence-electron chi connectivity index (χ4n) is 2.49. The molecule has 2 aromatic carbocycles. The van der Waals surface area contributed by atoms with Gasteiger partial charge in [-0.05, 0) is 23.8 Å². The third kappa shape index (κ3) is 1.97. The van der Waals surface area contributed by atoms with E-state index in [1.807, 2.05) is 42.6 Å². The summed E-state index contributed by atoms with van der Waals surface area (Å²) < 4.78 is 5.17. The number of H-pyrrole nitrogens is 2. The number of benzene rings is 2. The van der Waals surface area contributed by atoms with Crippen LogP contribution in [0.25, 0.3) is 22.0 Å². The molecule has 6 nitrogen and oxygen atoms in total. The zero-order valence-corrected chi connectivity index (χ0v) is 11.0. The Morgan fingerprint density at radius 1 is 1.14 bits per heavy atom. The van der Waals surface area contributed by atoms with Crippen LogP contribution in [0.2, 0.25) is 0 Å². The van der Waals surface area contributed by atoms with E-state index < -0.39 is 5.76 Å². The number of rotatable bonds is 3. The highest BCUT2D eigenvalue weighted by Gasteiger charge is 2.07. The van der Waals surface area contributed by atoms with Crippen LogP contribution in [0.15, 0.2) is 51.8 Å². The number of nitrogens with one attached hydrogen (secondary N) is 3. The summed E-state index contributed by atoms with van der Waals surface area (Å²) in [5.74, 6) is -0.448. The van der Waals surface area contributed by atoms with E-state index in [-0.39, 0.29) is 0 Å². The van der Waals surface area contributed by atoms with Crippen LogP contribution in [0, 0.1) is 0 Å². The van der Waals surface area contributed by atoms with Crippen LogP contribution in [0.1, 0.15) is 5.56 Å². The average molecular weight is 280 g/mol. The van der Waals surface area contributed by atoms with Gasteiger partial charge >= 0.3 is 5.76 Å². The number of nitrogens with zero attached hydrogens (tertiary/aromatic N) is 1. The molecular weight excluding hydrogens is 268 g/mol. The lowest BCUT2D eigenvalue weighted by Crippen LogP contribution is -2.00. The molecule has 0 saturated heterocycles. The van der Waals surface area contributed by atoms with E-state index >= 15 is 0 Å². The van der Waals surface area contributed by atoms with Gasteiger partial charge in [0.2, 0.25) is 0 Å². The first-order valence-corrected chi connectivity index (χ1v) is 6.58. The van der Waals surface area contributed by atoms with E-state index in [0.29, 0.717) is 17.6 Å². The summed E-state index contributed by atoms with van der Waals surface area (Å²) in [5, 5.41) is 11.4. The molecule has 0 spiro atoms. The molecule has 4 rings (SSSR count). The Bertz CT molecular complexity index is 980. The lowest BCUT2D eigenvalue weighted by molar-refractivity contribution is 0.556.